The van der Waals surface area contributed by atoms with Gasteiger partial charge in [0.25, 0.3) is 0 Å². The van der Waals surface area contributed by atoms with Crippen LogP contribution in [-0.4, -0.2) is 53.4 Å². The van der Waals surface area contributed by atoms with Crippen molar-refractivity contribution in [3.63, 3.8) is 0 Å². The Hall–Kier alpha value is -1.14. The van der Waals surface area contributed by atoms with E-state index in [9.17, 15) is 15.0 Å². The predicted octanol–water partition coefficient (Wildman–Crippen LogP) is 3.12. The topological polar surface area (TPSA) is 70.0 Å². The maximum Gasteiger partial charge on any atom is 0.343 e. The second-order valence-corrected chi connectivity index (χ2v) is 7.21. The van der Waals surface area contributed by atoms with Crippen LogP contribution in [0.25, 0.3) is 0 Å². The third kappa shape index (κ3) is 6.18. The zero-order valence-electron chi connectivity index (χ0n) is 16.5. The van der Waals surface area contributed by atoms with Crippen molar-refractivity contribution in [2.24, 2.45) is 5.92 Å². The van der Waals surface area contributed by atoms with Crippen LogP contribution in [0.15, 0.2) is 30.3 Å². The molecule has 1 aromatic rings. The Balaban J connectivity index is 0.00000364. The summed E-state index contributed by atoms with van der Waals surface area (Å²) in [4.78, 5) is 15.0. The normalized spacial score (nSPS) is 18.4. The fraction of sp³-hybridized carbons (Fsp3) is 0.667. The Morgan fingerprint density at radius 1 is 1.19 bits per heavy atom. The molecule has 0 aromatic heterocycles. The van der Waals surface area contributed by atoms with Gasteiger partial charge in [0.05, 0.1) is 0 Å². The highest BCUT2D eigenvalue weighted by molar-refractivity contribution is 5.85. The van der Waals surface area contributed by atoms with Gasteiger partial charge >= 0.3 is 5.97 Å². The lowest BCUT2D eigenvalue weighted by Crippen LogP contribution is -2.46. The Morgan fingerprint density at radius 3 is 2.33 bits per heavy atom. The molecule has 2 rings (SSSR count). The number of aliphatic hydroxyl groups excluding tert-OH is 1. The number of carbonyl (C=O) groups is 1. The van der Waals surface area contributed by atoms with Crippen LogP contribution in [0.1, 0.15) is 51.5 Å². The van der Waals surface area contributed by atoms with Crippen molar-refractivity contribution >= 4 is 18.4 Å². The van der Waals surface area contributed by atoms with E-state index in [0.29, 0.717) is 12.1 Å². The monoisotopic (exact) mass is 399 g/mol. The molecule has 154 valence electrons. The molecule has 2 N–H and O–H groups in total. The number of ether oxygens (including phenoxy) is 1. The van der Waals surface area contributed by atoms with Crippen molar-refractivity contribution in [3.8, 4) is 0 Å². The number of aliphatic hydroxyl groups is 2. The molecule has 2 atom stereocenters. The minimum Gasteiger partial charge on any atom is -0.460 e. The van der Waals surface area contributed by atoms with E-state index >= 15 is 0 Å². The van der Waals surface area contributed by atoms with Crippen LogP contribution in [-0.2, 0) is 15.1 Å². The Bertz CT molecular complexity index is 546. The highest BCUT2D eigenvalue weighted by Gasteiger charge is 2.47. The van der Waals surface area contributed by atoms with E-state index in [0.717, 1.165) is 45.2 Å². The van der Waals surface area contributed by atoms with E-state index < -0.39 is 17.7 Å². The molecule has 1 fully saturated rings. The summed E-state index contributed by atoms with van der Waals surface area (Å²) < 4.78 is 5.40. The smallest absolute Gasteiger partial charge is 0.343 e. The lowest BCUT2D eigenvalue weighted by atomic mass is 9.73. The molecule has 1 aliphatic rings. The average molecular weight is 400 g/mol. The van der Waals surface area contributed by atoms with E-state index in [2.05, 4.69) is 4.90 Å². The molecule has 6 heteroatoms. The number of hydrogen-bond donors (Lipinski definition) is 2. The van der Waals surface area contributed by atoms with E-state index in [4.69, 9.17) is 4.74 Å². The molecule has 0 radical (unpaired) electrons. The van der Waals surface area contributed by atoms with E-state index in [-0.39, 0.29) is 24.9 Å². The minimum atomic E-state index is -1.64. The van der Waals surface area contributed by atoms with Crippen molar-refractivity contribution in [1.29, 1.82) is 0 Å². The van der Waals surface area contributed by atoms with Gasteiger partial charge in [-0.3, -0.25) is 0 Å². The van der Waals surface area contributed by atoms with Crippen molar-refractivity contribution in [3.05, 3.63) is 35.9 Å². The minimum absolute atomic E-state index is 0. The van der Waals surface area contributed by atoms with Gasteiger partial charge in [-0.2, -0.15) is 0 Å². The van der Waals surface area contributed by atoms with Crippen LogP contribution in [0.2, 0.25) is 0 Å². The number of benzene rings is 1. The summed E-state index contributed by atoms with van der Waals surface area (Å²) in [6.07, 6.45) is 4.02. The molecule has 2 unspecified atom stereocenters. The average Bonchev–Trinajstić information content (AvgIpc) is 2.70. The summed E-state index contributed by atoms with van der Waals surface area (Å²) in [5.74, 6) is -0.791. The SMILES string of the molecule is CCN(CC)CC(O)COC(=O)C(O)(c1ccccc1)C1CCCCC1.Cl. The molecule has 0 heterocycles. The quantitative estimate of drug-likeness (QED) is 0.624. The molecule has 0 aliphatic heterocycles. The fourth-order valence-corrected chi connectivity index (χ4v) is 3.85. The molecule has 0 saturated heterocycles. The number of esters is 1. The lowest BCUT2D eigenvalue weighted by Gasteiger charge is -2.37. The van der Waals surface area contributed by atoms with E-state index in [1.807, 2.05) is 32.0 Å². The van der Waals surface area contributed by atoms with Crippen LogP contribution < -0.4 is 0 Å². The van der Waals surface area contributed by atoms with E-state index in [1.165, 1.54) is 0 Å². The van der Waals surface area contributed by atoms with Gasteiger partial charge < -0.3 is 19.8 Å². The molecular weight excluding hydrogens is 366 g/mol. The number of carbonyl (C=O) groups excluding carboxylic acids is 1. The highest BCUT2D eigenvalue weighted by atomic mass is 35.5. The number of likely N-dealkylation sites (N-methyl/N-ethyl adjacent to an activating group) is 1. The molecule has 1 saturated carbocycles. The van der Waals surface area contributed by atoms with Crippen LogP contribution in [0, 0.1) is 5.92 Å². The first-order valence-electron chi connectivity index (χ1n) is 9.87. The molecule has 1 aliphatic carbocycles. The zero-order chi connectivity index (χ0) is 19.0. The van der Waals surface area contributed by atoms with Crippen molar-refractivity contribution in [2.75, 3.05) is 26.2 Å². The van der Waals surface area contributed by atoms with Gasteiger partial charge in [-0.15, -0.1) is 12.4 Å². The van der Waals surface area contributed by atoms with Crippen molar-refractivity contribution in [2.45, 2.75) is 57.7 Å². The third-order valence-electron chi connectivity index (χ3n) is 5.49. The van der Waals surface area contributed by atoms with Crippen LogP contribution in [0.5, 0.6) is 0 Å². The Kier molecular flexibility index (Phi) is 10.3. The van der Waals surface area contributed by atoms with Gasteiger partial charge in [0.15, 0.2) is 5.60 Å². The first kappa shape index (κ1) is 23.9. The van der Waals surface area contributed by atoms with Gasteiger partial charge in [-0.05, 0) is 31.5 Å². The van der Waals surface area contributed by atoms with Gasteiger partial charge in [0, 0.05) is 12.5 Å². The number of nitrogens with zero attached hydrogens (tertiary/aromatic N) is 1. The highest BCUT2D eigenvalue weighted by Crippen LogP contribution is 2.40. The maximum atomic E-state index is 12.9. The summed E-state index contributed by atoms with van der Waals surface area (Å²) in [6, 6.07) is 9.08. The summed E-state index contributed by atoms with van der Waals surface area (Å²) in [5.41, 5.74) is -1.06. The van der Waals surface area contributed by atoms with Crippen molar-refractivity contribution < 1.29 is 19.7 Å². The molecule has 27 heavy (non-hydrogen) atoms. The van der Waals surface area contributed by atoms with Gasteiger partial charge in [0.1, 0.15) is 12.7 Å². The first-order valence-corrected chi connectivity index (χ1v) is 9.87. The summed E-state index contributed by atoms with van der Waals surface area (Å²) in [7, 11) is 0. The standard InChI is InChI=1S/C21H33NO4.ClH/c1-3-22(4-2)15-19(23)16-26-20(24)21(25,17-11-7-5-8-12-17)18-13-9-6-10-14-18;/h5,7-8,11-12,18-19,23,25H,3-4,6,9-10,13-16H2,1-2H3;1H. The van der Waals surface area contributed by atoms with E-state index in [1.54, 1.807) is 12.1 Å². The summed E-state index contributed by atoms with van der Waals surface area (Å²) in [6.45, 7) is 6.07. The largest absolute Gasteiger partial charge is 0.460 e. The zero-order valence-corrected chi connectivity index (χ0v) is 17.3. The molecule has 0 bridgehead atoms. The number of rotatable bonds is 9. The van der Waals surface area contributed by atoms with Crippen LogP contribution in [0.4, 0.5) is 0 Å². The number of halogens is 1. The van der Waals surface area contributed by atoms with Crippen LogP contribution >= 0.6 is 12.4 Å². The van der Waals surface area contributed by atoms with Gasteiger partial charge in [-0.25, -0.2) is 4.79 Å². The molecule has 5 nitrogen and oxygen atoms in total. The lowest BCUT2D eigenvalue weighted by molar-refractivity contribution is -0.178. The fourth-order valence-electron chi connectivity index (χ4n) is 3.85. The second-order valence-electron chi connectivity index (χ2n) is 7.21. The summed E-state index contributed by atoms with van der Waals surface area (Å²) in [5, 5.41) is 21.6. The molecule has 1 aromatic carbocycles. The first-order chi connectivity index (χ1) is 12.5. The summed E-state index contributed by atoms with van der Waals surface area (Å²) >= 11 is 0. The molecule has 0 amide bonds. The Morgan fingerprint density at radius 2 is 1.78 bits per heavy atom. The third-order valence-corrected chi connectivity index (χ3v) is 5.49. The van der Waals surface area contributed by atoms with Gasteiger partial charge in [0.2, 0.25) is 0 Å². The maximum absolute atomic E-state index is 12.9. The predicted molar refractivity (Wildman–Crippen MR) is 109 cm³/mol. The molecular formula is C21H34ClNO4. The molecule has 0 spiro atoms. The van der Waals surface area contributed by atoms with Gasteiger partial charge in [-0.1, -0.05) is 63.4 Å². The number of hydrogen-bond acceptors (Lipinski definition) is 5. The van der Waals surface area contributed by atoms with Crippen LogP contribution in [0.3, 0.4) is 0 Å². The second kappa shape index (κ2) is 11.6. The van der Waals surface area contributed by atoms with Crippen molar-refractivity contribution in [1.82, 2.24) is 4.90 Å². The Labute approximate surface area is 169 Å².